The third-order valence-electron chi connectivity index (χ3n) is 4.46. The van der Waals surface area contributed by atoms with E-state index in [0.29, 0.717) is 5.56 Å². The number of nitrogens with zero attached hydrogens (tertiary/aromatic N) is 2. The number of aromatic nitrogens is 2. The minimum absolute atomic E-state index is 0.599. The molecule has 27 heavy (non-hydrogen) atoms. The van der Waals surface area contributed by atoms with Gasteiger partial charge in [0.2, 0.25) is 11.9 Å². The third kappa shape index (κ3) is 5.00. The van der Waals surface area contributed by atoms with Crippen LogP contribution in [0.25, 0.3) is 16.8 Å². The molecule has 0 bridgehead atoms. The number of hydrogen-bond acceptors (Lipinski definition) is 3. The number of carbonyl (C=O) groups excluding carboxylic acids is 1. The first kappa shape index (κ1) is 18.8. The van der Waals surface area contributed by atoms with Crippen LogP contribution in [0, 0.1) is 0 Å². The number of para-hydroxylation sites is 1. The highest BCUT2D eigenvalue weighted by molar-refractivity contribution is 5.86. The summed E-state index contributed by atoms with van der Waals surface area (Å²) in [5.74, 6) is 0.853. The predicted octanol–water partition coefficient (Wildman–Crippen LogP) is 4.80. The molecule has 0 aliphatic rings. The lowest BCUT2D eigenvalue weighted by Crippen LogP contribution is -2.35. The van der Waals surface area contributed by atoms with Gasteiger partial charge in [-0.05, 0) is 29.2 Å². The Balaban J connectivity index is 1.73. The molecule has 1 aromatic heterocycles. The Bertz CT molecular complexity index is 861. The Labute approximate surface area is 160 Å². The SMILES string of the molecule is CCCCCCOc1ccc(-c2cn[n+](-c3ccccc3)cc2C=O)cc1. The van der Waals surface area contributed by atoms with E-state index >= 15 is 0 Å². The van der Waals surface area contributed by atoms with Gasteiger partial charge in [-0.3, -0.25) is 4.79 Å². The van der Waals surface area contributed by atoms with Crippen LogP contribution in [-0.2, 0) is 0 Å². The molecule has 3 aromatic rings. The molecule has 0 aliphatic carbocycles. The average Bonchev–Trinajstić information content (AvgIpc) is 2.74. The molecule has 0 amide bonds. The summed E-state index contributed by atoms with van der Waals surface area (Å²) in [4.78, 5) is 11.6. The topological polar surface area (TPSA) is 43.1 Å². The highest BCUT2D eigenvalue weighted by Gasteiger charge is 2.14. The zero-order valence-corrected chi connectivity index (χ0v) is 15.7. The number of hydrogen-bond donors (Lipinski definition) is 0. The molecule has 0 fully saturated rings. The largest absolute Gasteiger partial charge is 0.494 e. The van der Waals surface area contributed by atoms with Crippen LogP contribution >= 0.6 is 0 Å². The van der Waals surface area contributed by atoms with E-state index in [1.54, 1.807) is 17.1 Å². The number of unbranched alkanes of at least 4 members (excludes halogenated alkanes) is 3. The summed E-state index contributed by atoms with van der Waals surface area (Å²) >= 11 is 0. The Kier molecular flexibility index (Phi) is 6.69. The zero-order valence-electron chi connectivity index (χ0n) is 15.7. The van der Waals surface area contributed by atoms with Crippen molar-refractivity contribution >= 4 is 6.29 Å². The monoisotopic (exact) mass is 361 g/mol. The molecule has 1 heterocycles. The van der Waals surface area contributed by atoms with Gasteiger partial charge in [-0.25, -0.2) is 0 Å². The fraction of sp³-hybridized carbons (Fsp3) is 0.261. The maximum atomic E-state index is 11.6. The van der Waals surface area contributed by atoms with Crippen molar-refractivity contribution in [2.24, 2.45) is 0 Å². The molecule has 0 saturated heterocycles. The molecule has 0 N–H and O–H groups in total. The molecule has 0 atom stereocenters. The van der Waals surface area contributed by atoms with Crippen LogP contribution < -0.4 is 9.42 Å². The van der Waals surface area contributed by atoms with Crippen LogP contribution in [0.2, 0.25) is 0 Å². The fourth-order valence-corrected chi connectivity index (χ4v) is 2.94. The van der Waals surface area contributed by atoms with Crippen LogP contribution in [-0.4, -0.2) is 18.0 Å². The molecular weight excluding hydrogens is 336 g/mol. The Hall–Kier alpha value is -3.01. The minimum Gasteiger partial charge on any atom is -0.494 e. The lowest BCUT2D eigenvalue weighted by atomic mass is 10.0. The van der Waals surface area contributed by atoms with Gasteiger partial charge in [-0.15, -0.1) is 0 Å². The highest BCUT2D eigenvalue weighted by Crippen LogP contribution is 2.24. The van der Waals surface area contributed by atoms with Crippen LogP contribution in [0.5, 0.6) is 5.75 Å². The maximum Gasteiger partial charge on any atom is 0.238 e. The first-order valence-electron chi connectivity index (χ1n) is 9.47. The second kappa shape index (κ2) is 9.62. The van der Waals surface area contributed by atoms with Gasteiger partial charge in [0.1, 0.15) is 11.9 Å². The van der Waals surface area contributed by atoms with Gasteiger partial charge in [0.25, 0.3) is 0 Å². The Morgan fingerprint density at radius 3 is 2.48 bits per heavy atom. The summed E-state index contributed by atoms with van der Waals surface area (Å²) in [6.45, 7) is 2.94. The van der Waals surface area contributed by atoms with Gasteiger partial charge in [-0.1, -0.05) is 61.2 Å². The van der Waals surface area contributed by atoms with Gasteiger partial charge in [-0.2, -0.15) is 0 Å². The van der Waals surface area contributed by atoms with Crippen LogP contribution in [0.15, 0.2) is 67.0 Å². The van der Waals surface area contributed by atoms with Crippen molar-refractivity contribution in [2.45, 2.75) is 32.6 Å². The van der Waals surface area contributed by atoms with E-state index in [-0.39, 0.29) is 0 Å². The summed E-state index contributed by atoms with van der Waals surface area (Å²) in [7, 11) is 0. The molecular formula is C23H25N2O2+. The van der Waals surface area contributed by atoms with E-state index in [1.807, 2.05) is 54.6 Å². The maximum absolute atomic E-state index is 11.6. The first-order valence-corrected chi connectivity index (χ1v) is 9.47. The van der Waals surface area contributed by atoms with E-state index in [1.165, 1.54) is 19.3 Å². The van der Waals surface area contributed by atoms with Crippen LogP contribution in [0.3, 0.4) is 0 Å². The fourth-order valence-electron chi connectivity index (χ4n) is 2.94. The molecule has 0 radical (unpaired) electrons. The quantitative estimate of drug-likeness (QED) is 0.312. The molecule has 0 aliphatic heterocycles. The van der Waals surface area contributed by atoms with E-state index in [9.17, 15) is 4.79 Å². The number of ether oxygens (including phenoxy) is 1. The second-order valence-corrected chi connectivity index (χ2v) is 6.47. The standard InChI is InChI=1S/C23H25N2O2/c1-2-3-4-8-15-27-22-13-11-19(12-14-22)23-16-24-25(17-20(23)18-26)21-9-6-5-7-10-21/h5-7,9-14,16-18H,2-4,8,15H2,1H3/q+1. The first-order chi connectivity index (χ1) is 13.3. The van der Waals surface area contributed by atoms with Crippen LogP contribution in [0.4, 0.5) is 0 Å². The summed E-state index contributed by atoms with van der Waals surface area (Å²) < 4.78 is 7.50. The molecule has 3 rings (SSSR count). The van der Waals surface area contributed by atoms with E-state index < -0.39 is 0 Å². The molecule has 138 valence electrons. The van der Waals surface area contributed by atoms with Crippen molar-refractivity contribution in [1.82, 2.24) is 5.10 Å². The normalized spacial score (nSPS) is 10.6. The number of aldehydes is 1. The molecule has 0 unspecified atom stereocenters. The van der Waals surface area contributed by atoms with E-state index in [2.05, 4.69) is 12.0 Å². The number of carbonyl (C=O) groups is 1. The van der Waals surface area contributed by atoms with Crippen molar-refractivity contribution in [1.29, 1.82) is 0 Å². The van der Waals surface area contributed by atoms with Gasteiger partial charge in [0.05, 0.1) is 12.2 Å². The highest BCUT2D eigenvalue weighted by atomic mass is 16.5. The van der Waals surface area contributed by atoms with Crippen molar-refractivity contribution in [3.8, 4) is 22.6 Å². The number of benzene rings is 2. The molecule has 0 spiro atoms. The third-order valence-corrected chi connectivity index (χ3v) is 4.46. The summed E-state index contributed by atoms with van der Waals surface area (Å²) in [6.07, 6.45) is 9.12. The lowest BCUT2D eigenvalue weighted by molar-refractivity contribution is -0.659. The molecule has 2 aromatic carbocycles. The van der Waals surface area contributed by atoms with Gasteiger partial charge < -0.3 is 4.74 Å². The van der Waals surface area contributed by atoms with Gasteiger partial charge >= 0.3 is 0 Å². The second-order valence-electron chi connectivity index (χ2n) is 6.47. The predicted molar refractivity (Wildman–Crippen MR) is 106 cm³/mol. The summed E-state index contributed by atoms with van der Waals surface area (Å²) in [5.41, 5.74) is 3.27. The molecule has 4 heteroatoms. The zero-order chi connectivity index (χ0) is 18.9. The summed E-state index contributed by atoms with van der Waals surface area (Å²) in [6, 6.07) is 17.6. The Morgan fingerprint density at radius 1 is 1.00 bits per heavy atom. The van der Waals surface area contributed by atoms with Crippen molar-refractivity contribution in [3.63, 3.8) is 0 Å². The molecule has 4 nitrogen and oxygen atoms in total. The van der Waals surface area contributed by atoms with Crippen molar-refractivity contribution in [3.05, 3.63) is 72.6 Å². The number of rotatable bonds is 9. The van der Waals surface area contributed by atoms with Crippen molar-refractivity contribution in [2.75, 3.05) is 6.61 Å². The van der Waals surface area contributed by atoms with E-state index in [4.69, 9.17) is 4.74 Å². The Morgan fingerprint density at radius 2 is 1.78 bits per heavy atom. The smallest absolute Gasteiger partial charge is 0.238 e. The summed E-state index contributed by atoms with van der Waals surface area (Å²) in [5, 5.41) is 4.46. The molecule has 0 saturated carbocycles. The van der Waals surface area contributed by atoms with Crippen LogP contribution in [0.1, 0.15) is 43.0 Å². The van der Waals surface area contributed by atoms with Crippen molar-refractivity contribution < 1.29 is 14.2 Å². The lowest BCUT2D eigenvalue weighted by Gasteiger charge is -2.08. The van der Waals surface area contributed by atoms with Gasteiger partial charge in [0, 0.05) is 17.7 Å². The minimum atomic E-state index is 0.599. The average molecular weight is 361 g/mol. The van der Waals surface area contributed by atoms with Gasteiger partial charge in [0.15, 0.2) is 6.29 Å². The van der Waals surface area contributed by atoms with E-state index in [0.717, 1.165) is 41.9 Å².